The fourth-order valence-electron chi connectivity index (χ4n) is 1.75. The van der Waals surface area contributed by atoms with Gasteiger partial charge in [0.05, 0.1) is 17.3 Å². The van der Waals surface area contributed by atoms with Crippen LogP contribution >= 0.6 is 23.2 Å². The van der Waals surface area contributed by atoms with Gasteiger partial charge in [0.2, 0.25) is 0 Å². The lowest BCUT2D eigenvalue weighted by Gasteiger charge is -2.03. The summed E-state index contributed by atoms with van der Waals surface area (Å²) in [6, 6.07) is 6.76. The zero-order valence-corrected chi connectivity index (χ0v) is 11.8. The maximum atomic E-state index is 10.8. The first kappa shape index (κ1) is 14.3. The molecule has 1 aromatic heterocycles. The van der Waals surface area contributed by atoms with Crippen molar-refractivity contribution in [1.29, 1.82) is 5.26 Å². The quantitative estimate of drug-likeness (QED) is 0.643. The van der Waals surface area contributed by atoms with Crippen molar-refractivity contribution >= 4 is 29.0 Å². The molecule has 1 heterocycles. The molecule has 0 atom stereocenters. The van der Waals surface area contributed by atoms with Crippen LogP contribution in [0.15, 0.2) is 18.2 Å². The highest BCUT2D eigenvalue weighted by atomic mass is 35.5. The van der Waals surface area contributed by atoms with Gasteiger partial charge >= 0.3 is 5.82 Å². The van der Waals surface area contributed by atoms with Crippen molar-refractivity contribution in [2.75, 3.05) is 0 Å². The van der Waals surface area contributed by atoms with Crippen LogP contribution in [0.4, 0.5) is 5.82 Å². The molecule has 1 aromatic carbocycles. The predicted molar refractivity (Wildman–Crippen MR) is 73.9 cm³/mol. The number of benzene rings is 1. The molecule has 0 unspecified atom stereocenters. The van der Waals surface area contributed by atoms with Gasteiger partial charge < -0.3 is 10.1 Å². The summed E-state index contributed by atoms with van der Waals surface area (Å²) in [4.78, 5) is 10.2. The molecule has 20 heavy (non-hydrogen) atoms. The molecule has 2 rings (SSSR count). The van der Waals surface area contributed by atoms with Gasteiger partial charge in [0, 0.05) is 10.0 Å². The minimum Gasteiger partial charge on any atom is -0.358 e. The Bertz CT molecular complexity index is 734. The molecule has 102 valence electrons. The molecule has 0 saturated carbocycles. The van der Waals surface area contributed by atoms with Crippen LogP contribution in [0, 0.1) is 28.4 Å². The van der Waals surface area contributed by atoms with Crippen LogP contribution in [0.25, 0.3) is 0 Å². The van der Waals surface area contributed by atoms with Crippen molar-refractivity contribution in [3.05, 3.63) is 55.2 Å². The van der Waals surface area contributed by atoms with Crippen LogP contribution in [0.2, 0.25) is 10.0 Å². The van der Waals surface area contributed by atoms with Gasteiger partial charge in [0.15, 0.2) is 5.56 Å². The molecular weight excluding hydrogens is 303 g/mol. The standard InChI is InChI=1S/C12H8Cl2N4O2/c1-7-10(5-15)12(18(19)20)16-17(7)6-8-2-3-9(13)4-11(8)14/h2-4H,6H2,1H3. The summed E-state index contributed by atoms with van der Waals surface area (Å²) in [5.41, 5.74) is 1.09. The van der Waals surface area contributed by atoms with Gasteiger partial charge in [0.1, 0.15) is 6.07 Å². The smallest absolute Gasteiger partial charge is 0.358 e. The highest BCUT2D eigenvalue weighted by Gasteiger charge is 2.25. The SMILES string of the molecule is Cc1c(C#N)c([N+](=O)[O-])nn1Cc1ccc(Cl)cc1Cl. The fraction of sp³-hybridized carbons (Fsp3) is 0.167. The number of nitro groups is 1. The van der Waals surface area contributed by atoms with E-state index in [2.05, 4.69) is 5.10 Å². The second-order valence-corrected chi connectivity index (χ2v) is 4.89. The van der Waals surface area contributed by atoms with Crippen LogP contribution in [0.5, 0.6) is 0 Å². The minimum atomic E-state index is -0.675. The third kappa shape index (κ3) is 2.59. The van der Waals surface area contributed by atoms with Gasteiger partial charge in [0.25, 0.3) is 0 Å². The zero-order chi connectivity index (χ0) is 14.9. The Morgan fingerprint density at radius 3 is 2.70 bits per heavy atom. The van der Waals surface area contributed by atoms with Gasteiger partial charge in [-0.25, -0.2) is 0 Å². The van der Waals surface area contributed by atoms with E-state index in [0.29, 0.717) is 21.3 Å². The number of rotatable bonds is 3. The molecule has 0 spiro atoms. The van der Waals surface area contributed by atoms with Crippen molar-refractivity contribution in [3.63, 3.8) is 0 Å². The Balaban J connectivity index is 2.44. The molecule has 0 aliphatic carbocycles. The van der Waals surface area contributed by atoms with E-state index in [1.165, 1.54) is 4.68 Å². The summed E-state index contributed by atoms with van der Waals surface area (Å²) in [7, 11) is 0. The Hall–Kier alpha value is -2.10. The number of halogens is 2. The first-order valence-electron chi connectivity index (χ1n) is 5.50. The monoisotopic (exact) mass is 310 g/mol. The summed E-state index contributed by atoms with van der Waals surface area (Å²) in [5, 5.41) is 24.6. The van der Waals surface area contributed by atoms with Gasteiger partial charge in [-0.15, -0.1) is 0 Å². The largest absolute Gasteiger partial charge is 0.408 e. The van der Waals surface area contributed by atoms with Crippen LogP contribution < -0.4 is 0 Å². The molecular formula is C12H8Cl2N4O2. The van der Waals surface area contributed by atoms with Crippen molar-refractivity contribution in [2.24, 2.45) is 0 Å². The van der Waals surface area contributed by atoms with Crippen molar-refractivity contribution < 1.29 is 4.92 Å². The highest BCUT2D eigenvalue weighted by molar-refractivity contribution is 6.35. The van der Waals surface area contributed by atoms with E-state index >= 15 is 0 Å². The summed E-state index contributed by atoms with van der Waals surface area (Å²) >= 11 is 11.9. The Kier molecular flexibility index (Phi) is 3.93. The van der Waals surface area contributed by atoms with E-state index in [0.717, 1.165) is 0 Å². The lowest BCUT2D eigenvalue weighted by Crippen LogP contribution is -2.05. The van der Waals surface area contributed by atoms with E-state index < -0.39 is 10.7 Å². The van der Waals surface area contributed by atoms with Gasteiger partial charge in [-0.2, -0.15) is 9.94 Å². The average molecular weight is 311 g/mol. The lowest BCUT2D eigenvalue weighted by molar-refractivity contribution is -0.390. The Labute approximate surface area is 124 Å². The fourth-order valence-corrected chi connectivity index (χ4v) is 2.22. The maximum absolute atomic E-state index is 10.8. The number of nitriles is 1. The predicted octanol–water partition coefficient (Wildman–Crippen LogP) is 3.33. The molecule has 0 N–H and O–H groups in total. The zero-order valence-electron chi connectivity index (χ0n) is 10.3. The van der Waals surface area contributed by atoms with Gasteiger partial charge in [-0.05, 0) is 29.5 Å². The maximum Gasteiger partial charge on any atom is 0.408 e. The first-order valence-corrected chi connectivity index (χ1v) is 6.25. The van der Waals surface area contributed by atoms with Crippen molar-refractivity contribution in [3.8, 4) is 6.07 Å². The van der Waals surface area contributed by atoms with Crippen molar-refractivity contribution in [2.45, 2.75) is 13.5 Å². The molecule has 0 saturated heterocycles. The van der Waals surface area contributed by atoms with Crippen LogP contribution in [0.3, 0.4) is 0 Å². The van der Waals surface area contributed by atoms with E-state index in [1.807, 2.05) is 0 Å². The molecule has 2 aromatic rings. The number of hydrogen-bond acceptors (Lipinski definition) is 4. The minimum absolute atomic E-state index is 0.0416. The molecule has 0 radical (unpaired) electrons. The van der Waals surface area contributed by atoms with Crippen LogP contribution in [0.1, 0.15) is 16.8 Å². The topological polar surface area (TPSA) is 84.8 Å². The molecule has 8 heteroatoms. The number of aromatic nitrogens is 2. The average Bonchev–Trinajstić information content (AvgIpc) is 2.70. The highest BCUT2D eigenvalue weighted by Crippen LogP contribution is 2.24. The Morgan fingerprint density at radius 2 is 2.20 bits per heavy atom. The van der Waals surface area contributed by atoms with Gasteiger partial charge in [-0.1, -0.05) is 29.3 Å². The normalized spacial score (nSPS) is 10.3. The lowest BCUT2D eigenvalue weighted by atomic mass is 10.2. The molecule has 6 nitrogen and oxygen atoms in total. The molecule has 0 aliphatic heterocycles. The number of nitrogens with zero attached hydrogens (tertiary/aromatic N) is 4. The molecule has 0 amide bonds. The van der Waals surface area contributed by atoms with E-state index in [4.69, 9.17) is 28.5 Å². The second-order valence-electron chi connectivity index (χ2n) is 4.05. The van der Waals surface area contributed by atoms with Crippen LogP contribution in [-0.4, -0.2) is 14.7 Å². The third-order valence-electron chi connectivity index (χ3n) is 2.81. The number of hydrogen-bond donors (Lipinski definition) is 0. The second kappa shape index (κ2) is 5.49. The van der Waals surface area contributed by atoms with E-state index in [-0.39, 0.29) is 12.1 Å². The van der Waals surface area contributed by atoms with Crippen LogP contribution in [-0.2, 0) is 6.54 Å². The van der Waals surface area contributed by atoms with E-state index in [1.54, 1.807) is 31.2 Å². The Morgan fingerprint density at radius 1 is 1.50 bits per heavy atom. The van der Waals surface area contributed by atoms with Crippen molar-refractivity contribution in [1.82, 2.24) is 9.78 Å². The van der Waals surface area contributed by atoms with Gasteiger partial charge in [-0.3, -0.25) is 0 Å². The molecule has 0 aliphatic rings. The molecule has 0 bridgehead atoms. The molecule has 0 fully saturated rings. The summed E-state index contributed by atoms with van der Waals surface area (Å²) in [6.07, 6.45) is 0. The van der Waals surface area contributed by atoms with E-state index in [9.17, 15) is 10.1 Å². The first-order chi connectivity index (χ1) is 9.43. The summed E-state index contributed by atoms with van der Waals surface area (Å²) < 4.78 is 1.38. The summed E-state index contributed by atoms with van der Waals surface area (Å²) in [6.45, 7) is 1.83. The third-order valence-corrected chi connectivity index (χ3v) is 3.39. The summed E-state index contributed by atoms with van der Waals surface area (Å²) in [5.74, 6) is -0.449.